The number of hydrogen-bond donors (Lipinski definition) is 0. The third-order valence-corrected chi connectivity index (χ3v) is 7.31. The van der Waals surface area contributed by atoms with Gasteiger partial charge in [0, 0.05) is 12.3 Å². The lowest BCUT2D eigenvalue weighted by Gasteiger charge is -2.26. The van der Waals surface area contributed by atoms with Crippen molar-refractivity contribution in [2.45, 2.75) is 112 Å². The third kappa shape index (κ3) is 14.0. The molecule has 0 aliphatic heterocycles. The summed E-state index contributed by atoms with van der Waals surface area (Å²) in [5.74, 6) is -1.08. The van der Waals surface area contributed by atoms with Crippen LogP contribution in [0.15, 0.2) is 81.5 Å². The molecular formula is C36H54O4. The van der Waals surface area contributed by atoms with Gasteiger partial charge in [0.1, 0.15) is 0 Å². The number of rotatable bonds is 17. The van der Waals surface area contributed by atoms with Crippen molar-refractivity contribution in [2.24, 2.45) is 5.92 Å². The van der Waals surface area contributed by atoms with Crippen molar-refractivity contribution in [3.05, 3.63) is 81.5 Å². The van der Waals surface area contributed by atoms with Crippen LogP contribution in [0.4, 0.5) is 0 Å². The van der Waals surface area contributed by atoms with Gasteiger partial charge in [-0.25, -0.2) is 9.59 Å². The van der Waals surface area contributed by atoms with Gasteiger partial charge in [0.05, 0.1) is 25.4 Å². The van der Waals surface area contributed by atoms with Crippen LogP contribution in [-0.4, -0.2) is 26.2 Å². The minimum atomic E-state index is -0.448. The molecule has 0 heterocycles. The number of allylic oxidation sites excluding steroid dienone is 11. The Hall–Kier alpha value is -2.88. The van der Waals surface area contributed by atoms with Crippen molar-refractivity contribution in [1.29, 1.82) is 0 Å². The second-order valence-corrected chi connectivity index (χ2v) is 11.6. The molecule has 4 nitrogen and oxygen atoms in total. The monoisotopic (exact) mass is 550 g/mol. The summed E-state index contributed by atoms with van der Waals surface area (Å²) in [6, 6.07) is 0. The normalized spacial score (nSPS) is 15.8. The van der Waals surface area contributed by atoms with Crippen LogP contribution in [0, 0.1) is 5.92 Å². The Morgan fingerprint density at radius 2 is 1.30 bits per heavy atom. The summed E-state index contributed by atoms with van der Waals surface area (Å²) >= 11 is 0. The average molecular weight is 551 g/mol. The Bertz CT molecular complexity index is 1050. The summed E-state index contributed by atoms with van der Waals surface area (Å²) in [6.45, 7) is 17.2. The van der Waals surface area contributed by atoms with E-state index in [1.54, 1.807) is 0 Å². The molecular weight excluding hydrogens is 496 g/mol. The molecule has 0 bridgehead atoms. The van der Waals surface area contributed by atoms with E-state index in [1.165, 1.54) is 42.1 Å². The fraction of sp³-hybridized carbons (Fsp3) is 0.556. The summed E-state index contributed by atoms with van der Waals surface area (Å²) in [4.78, 5) is 25.6. The molecule has 0 aromatic carbocycles. The Labute approximate surface area is 244 Å². The highest BCUT2D eigenvalue weighted by atomic mass is 16.5. The molecule has 40 heavy (non-hydrogen) atoms. The first kappa shape index (κ1) is 35.1. The smallest absolute Gasteiger partial charge is 0.334 e. The topological polar surface area (TPSA) is 52.6 Å². The van der Waals surface area contributed by atoms with E-state index in [-0.39, 0.29) is 5.92 Å². The zero-order chi connectivity index (χ0) is 30.1. The first-order chi connectivity index (χ1) is 19.0. The highest BCUT2D eigenvalue weighted by Crippen LogP contribution is 2.36. The van der Waals surface area contributed by atoms with E-state index in [4.69, 9.17) is 9.47 Å². The van der Waals surface area contributed by atoms with E-state index < -0.39 is 11.9 Å². The lowest BCUT2D eigenvalue weighted by molar-refractivity contribution is -0.139. The highest BCUT2D eigenvalue weighted by molar-refractivity contribution is 6.01. The maximum atomic E-state index is 12.8. The van der Waals surface area contributed by atoms with Gasteiger partial charge in [-0.3, -0.25) is 0 Å². The second kappa shape index (κ2) is 19.2. The molecule has 1 unspecified atom stereocenters. The van der Waals surface area contributed by atoms with Crippen LogP contribution in [0.25, 0.3) is 0 Å². The van der Waals surface area contributed by atoms with Gasteiger partial charge in [0.25, 0.3) is 0 Å². The molecule has 1 atom stereocenters. The lowest BCUT2D eigenvalue weighted by atomic mass is 9.79. The average Bonchev–Trinajstić information content (AvgIpc) is 2.90. The first-order valence-electron chi connectivity index (χ1n) is 14.8. The predicted molar refractivity (Wildman–Crippen MR) is 169 cm³/mol. The summed E-state index contributed by atoms with van der Waals surface area (Å²) in [6.07, 6.45) is 21.2. The number of carbonyl (C=O) groups excluding carboxylic acids is 2. The van der Waals surface area contributed by atoms with E-state index in [0.29, 0.717) is 24.0 Å². The van der Waals surface area contributed by atoms with Crippen LogP contribution in [0.2, 0.25) is 0 Å². The quantitative estimate of drug-likeness (QED) is 0.134. The van der Waals surface area contributed by atoms with Crippen molar-refractivity contribution in [3.8, 4) is 0 Å². The molecule has 0 aromatic heterocycles. The number of hydrogen-bond acceptors (Lipinski definition) is 4. The molecule has 4 heteroatoms. The molecule has 1 rings (SSSR count). The molecule has 1 aliphatic rings. The second-order valence-electron chi connectivity index (χ2n) is 11.6. The van der Waals surface area contributed by atoms with Gasteiger partial charge in [-0.2, -0.15) is 0 Å². The van der Waals surface area contributed by atoms with Crippen LogP contribution < -0.4 is 0 Å². The number of esters is 2. The van der Waals surface area contributed by atoms with E-state index in [1.807, 2.05) is 0 Å². The van der Waals surface area contributed by atoms with Gasteiger partial charge in [-0.1, -0.05) is 70.4 Å². The molecule has 0 amide bonds. The van der Waals surface area contributed by atoms with Gasteiger partial charge in [0.15, 0.2) is 0 Å². The molecule has 0 saturated carbocycles. The molecule has 0 spiro atoms. The maximum Gasteiger partial charge on any atom is 0.334 e. The van der Waals surface area contributed by atoms with E-state index in [2.05, 4.69) is 78.5 Å². The minimum absolute atomic E-state index is 0.189. The van der Waals surface area contributed by atoms with E-state index in [0.717, 1.165) is 63.4 Å². The first-order valence-corrected chi connectivity index (χ1v) is 14.8. The minimum Gasteiger partial charge on any atom is -0.466 e. The fourth-order valence-corrected chi connectivity index (χ4v) is 4.95. The zero-order valence-electron chi connectivity index (χ0n) is 26.6. The van der Waals surface area contributed by atoms with Crippen molar-refractivity contribution in [1.82, 2.24) is 0 Å². The number of ether oxygens (including phenoxy) is 2. The Balaban J connectivity index is 2.92. The van der Waals surface area contributed by atoms with Crippen molar-refractivity contribution < 1.29 is 19.1 Å². The van der Waals surface area contributed by atoms with Crippen LogP contribution in [-0.2, 0) is 19.1 Å². The standard InChI is InChI=1S/C36H54O4/c1-26(2)14-10-16-28(5)18-12-19-30(7)22-23-32-24-31(21-13-20-29(6)17-11-15-27(3)4)25-33(35(37)39-8)34(32)36(38)40-9/h14-15,18,20,24,32H,7,10-13,16-17,19,21-23,25H2,1-6,8-9H3. The summed E-state index contributed by atoms with van der Waals surface area (Å²) < 4.78 is 10.2. The van der Waals surface area contributed by atoms with Gasteiger partial charge in [0.2, 0.25) is 0 Å². The molecule has 0 fully saturated rings. The van der Waals surface area contributed by atoms with Gasteiger partial charge < -0.3 is 9.47 Å². The third-order valence-electron chi connectivity index (χ3n) is 7.31. The van der Waals surface area contributed by atoms with Crippen LogP contribution >= 0.6 is 0 Å². The fourth-order valence-electron chi connectivity index (χ4n) is 4.95. The van der Waals surface area contributed by atoms with Crippen LogP contribution in [0.1, 0.15) is 112 Å². The van der Waals surface area contributed by atoms with E-state index in [9.17, 15) is 9.59 Å². The maximum absolute atomic E-state index is 12.8. The summed E-state index contributed by atoms with van der Waals surface area (Å²) in [5, 5.41) is 0. The van der Waals surface area contributed by atoms with Gasteiger partial charge >= 0.3 is 11.9 Å². The van der Waals surface area contributed by atoms with Gasteiger partial charge in [-0.05, 0) is 106 Å². The van der Waals surface area contributed by atoms with Crippen molar-refractivity contribution in [2.75, 3.05) is 14.2 Å². The zero-order valence-corrected chi connectivity index (χ0v) is 26.6. The van der Waals surface area contributed by atoms with Crippen LogP contribution in [0.3, 0.4) is 0 Å². The van der Waals surface area contributed by atoms with Crippen molar-refractivity contribution >= 4 is 11.9 Å². The largest absolute Gasteiger partial charge is 0.466 e. The van der Waals surface area contributed by atoms with Crippen LogP contribution in [0.5, 0.6) is 0 Å². The SMILES string of the molecule is C=C(CCC=C(C)CCC=C(C)C)CCC1C=C(CCC=C(C)CCC=C(C)C)CC(C(=O)OC)=C1C(=O)OC. The highest BCUT2D eigenvalue weighted by Gasteiger charge is 2.32. The Morgan fingerprint density at radius 3 is 1.82 bits per heavy atom. The number of methoxy groups -OCH3 is 2. The predicted octanol–water partition coefficient (Wildman–Crippen LogP) is 9.86. The summed E-state index contributed by atoms with van der Waals surface area (Å²) in [7, 11) is 2.74. The molecule has 0 saturated heterocycles. The Morgan fingerprint density at radius 1 is 0.775 bits per heavy atom. The number of carbonyl (C=O) groups is 2. The molecule has 1 aliphatic carbocycles. The molecule has 0 radical (unpaired) electrons. The van der Waals surface area contributed by atoms with E-state index >= 15 is 0 Å². The van der Waals surface area contributed by atoms with Gasteiger partial charge in [-0.15, -0.1) is 0 Å². The molecule has 0 N–H and O–H groups in total. The molecule has 222 valence electrons. The van der Waals surface area contributed by atoms with Crippen molar-refractivity contribution in [3.63, 3.8) is 0 Å². The Kier molecular flexibility index (Phi) is 16.9. The lowest BCUT2D eigenvalue weighted by Crippen LogP contribution is -2.24. The summed E-state index contributed by atoms with van der Waals surface area (Å²) in [5.41, 5.74) is 8.69. The molecule has 0 aromatic rings.